The van der Waals surface area contributed by atoms with Crippen LogP contribution < -0.4 is 10.1 Å². The molecule has 0 bridgehead atoms. The maximum absolute atomic E-state index is 5.43. The summed E-state index contributed by atoms with van der Waals surface area (Å²) in [6.45, 7) is 7.75. The van der Waals surface area contributed by atoms with E-state index in [1.54, 1.807) is 7.11 Å². The quantitative estimate of drug-likeness (QED) is 0.724. The minimum atomic E-state index is 0.663. The molecule has 1 aromatic rings. The van der Waals surface area contributed by atoms with Crippen molar-refractivity contribution >= 4 is 0 Å². The summed E-state index contributed by atoms with van der Waals surface area (Å²) >= 11 is 0. The summed E-state index contributed by atoms with van der Waals surface area (Å²) in [7, 11) is 1.76. The molecule has 2 nitrogen and oxygen atoms in total. The largest absolute Gasteiger partial charge is 0.496 e. The summed E-state index contributed by atoms with van der Waals surface area (Å²) in [4.78, 5) is 0. The minimum Gasteiger partial charge on any atom is -0.496 e. The van der Waals surface area contributed by atoms with E-state index in [1.165, 1.54) is 36.8 Å². The van der Waals surface area contributed by atoms with Gasteiger partial charge < -0.3 is 10.1 Å². The van der Waals surface area contributed by atoms with E-state index in [2.05, 4.69) is 44.3 Å². The molecule has 19 heavy (non-hydrogen) atoms. The van der Waals surface area contributed by atoms with Gasteiger partial charge in [0.15, 0.2) is 0 Å². The lowest BCUT2D eigenvalue weighted by Gasteiger charge is -2.17. The molecule has 0 spiro atoms. The van der Waals surface area contributed by atoms with Gasteiger partial charge in [-0.05, 0) is 57.2 Å². The summed E-state index contributed by atoms with van der Waals surface area (Å²) in [5.41, 5.74) is 2.65. The van der Waals surface area contributed by atoms with Crippen LogP contribution >= 0.6 is 0 Å². The Balaban J connectivity index is 2.45. The molecule has 0 radical (unpaired) electrons. The average Bonchev–Trinajstić information content (AvgIpc) is 2.43. The van der Waals surface area contributed by atoms with Crippen LogP contribution in [0.1, 0.15) is 50.7 Å². The van der Waals surface area contributed by atoms with E-state index < -0.39 is 0 Å². The number of benzene rings is 1. The van der Waals surface area contributed by atoms with E-state index in [0.29, 0.717) is 6.04 Å². The van der Waals surface area contributed by atoms with Gasteiger partial charge in [0.1, 0.15) is 5.75 Å². The third kappa shape index (κ3) is 5.65. The predicted octanol–water partition coefficient (Wildman–Crippen LogP) is 4.10. The van der Waals surface area contributed by atoms with Crippen LogP contribution in [0.4, 0.5) is 0 Å². The van der Waals surface area contributed by atoms with Gasteiger partial charge in [-0.1, -0.05) is 31.5 Å². The standard InChI is InChI=1S/C17H29NO/c1-5-12-18-16(6-2)9-7-8-15-13-14(3)10-11-17(15)19-4/h10-11,13,16,18H,5-9,12H2,1-4H3. The molecule has 0 amide bonds. The zero-order valence-electron chi connectivity index (χ0n) is 13.0. The highest BCUT2D eigenvalue weighted by molar-refractivity contribution is 5.36. The SMILES string of the molecule is CCCNC(CC)CCCc1cc(C)ccc1OC. The summed E-state index contributed by atoms with van der Waals surface area (Å²) in [6, 6.07) is 7.10. The number of rotatable bonds is 9. The second-order valence-corrected chi connectivity index (χ2v) is 5.27. The van der Waals surface area contributed by atoms with Crippen LogP contribution in [0, 0.1) is 6.92 Å². The zero-order valence-corrected chi connectivity index (χ0v) is 13.0. The molecule has 1 rings (SSSR count). The first-order chi connectivity index (χ1) is 9.21. The van der Waals surface area contributed by atoms with Gasteiger partial charge >= 0.3 is 0 Å². The number of nitrogens with one attached hydrogen (secondary N) is 1. The first kappa shape index (κ1) is 16.0. The second-order valence-electron chi connectivity index (χ2n) is 5.27. The Morgan fingerprint density at radius 3 is 2.68 bits per heavy atom. The minimum absolute atomic E-state index is 0.663. The molecule has 1 unspecified atom stereocenters. The predicted molar refractivity (Wildman–Crippen MR) is 83.0 cm³/mol. The van der Waals surface area contributed by atoms with Crippen LogP contribution in [0.3, 0.4) is 0 Å². The van der Waals surface area contributed by atoms with Gasteiger partial charge in [-0.3, -0.25) is 0 Å². The monoisotopic (exact) mass is 263 g/mol. The molecule has 108 valence electrons. The Labute approximate surface area is 118 Å². The molecule has 1 N–H and O–H groups in total. The summed E-state index contributed by atoms with van der Waals surface area (Å²) in [5.74, 6) is 1.03. The Morgan fingerprint density at radius 1 is 1.26 bits per heavy atom. The van der Waals surface area contributed by atoms with Crippen molar-refractivity contribution < 1.29 is 4.74 Å². The van der Waals surface area contributed by atoms with Crippen molar-refractivity contribution in [2.75, 3.05) is 13.7 Å². The Morgan fingerprint density at radius 2 is 2.05 bits per heavy atom. The molecule has 0 fully saturated rings. The molecule has 0 saturated heterocycles. The van der Waals surface area contributed by atoms with Gasteiger partial charge in [-0.15, -0.1) is 0 Å². The van der Waals surface area contributed by atoms with Gasteiger partial charge in [0.2, 0.25) is 0 Å². The third-order valence-electron chi connectivity index (χ3n) is 3.61. The van der Waals surface area contributed by atoms with Gasteiger partial charge in [0, 0.05) is 6.04 Å². The molecule has 0 saturated carbocycles. The number of aryl methyl sites for hydroxylation is 2. The van der Waals surface area contributed by atoms with Crippen LogP contribution in [0.5, 0.6) is 5.75 Å². The molecule has 1 atom stereocenters. The van der Waals surface area contributed by atoms with Crippen molar-refractivity contribution in [3.8, 4) is 5.75 Å². The molecule has 0 aliphatic heterocycles. The van der Waals surface area contributed by atoms with Crippen LogP contribution in [-0.4, -0.2) is 19.7 Å². The Kier molecular flexibility index (Phi) is 7.57. The van der Waals surface area contributed by atoms with Crippen molar-refractivity contribution in [2.45, 2.75) is 58.9 Å². The smallest absolute Gasteiger partial charge is 0.122 e. The van der Waals surface area contributed by atoms with Crippen LogP contribution in [0.15, 0.2) is 18.2 Å². The Hall–Kier alpha value is -1.02. The molecule has 0 aliphatic rings. The maximum atomic E-state index is 5.43. The molecule has 1 aromatic carbocycles. The molecule has 0 heterocycles. The topological polar surface area (TPSA) is 21.3 Å². The fourth-order valence-electron chi connectivity index (χ4n) is 2.44. The van der Waals surface area contributed by atoms with Crippen molar-refractivity contribution in [1.29, 1.82) is 0 Å². The van der Waals surface area contributed by atoms with Gasteiger partial charge in [-0.25, -0.2) is 0 Å². The van der Waals surface area contributed by atoms with E-state index in [-0.39, 0.29) is 0 Å². The lowest BCUT2D eigenvalue weighted by atomic mass is 10.0. The molecule has 0 aliphatic carbocycles. The molecular weight excluding hydrogens is 234 g/mol. The highest BCUT2D eigenvalue weighted by atomic mass is 16.5. The first-order valence-electron chi connectivity index (χ1n) is 7.58. The summed E-state index contributed by atoms with van der Waals surface area (Å²) < 4.78 is 5.43. The van der Waals surface area contributed by atoms with Crippen LogP contribution in [-0.2, 0) is 6.42 Å². The number of hydrogen-bond donors (Lipinski definition) is 1. The van der Waals surface area contributed by atoms with Crippen molar-refractivity contribution in [1.82, 2.24) is 5.32 Å². The van der Waals surface area contributed by atoms with Gasteiger partial charge in [0.25, 0.3) is 0 Å². The van der Waals surface area contributed by atoms with Crippen LogP contribution in [0.25, 0.3) is 0 Å². The number of hydrogen-bond acceptors (Lipinski definition) is 2. The van der Waals surface area contributed by atoms with E-state index in [4.69, 9.17) is 4.74 Å². The molecule has 0 aromatic heterocycles. The highest BCUT2D eigenvalue weighted by Crippen LogP contribution is 2.22. The van der Waals surface area contributed by atoms with Crippen molar-refractivity contribution in [2.24, 2.45) is 0 Å². The second kappa shape index (κ2) is 8.98. The molecular formula is C17H29NO. The molecule has 2 heteroatoms. The zero-order chi connectivity index (χ0) is 14.1. The van der Waals surface area contributed by atoms with Gasteiger partial charge in [0.05, 0.1) is 7.11 Å². The van der Waals surface area contributed by atoms with Crippen molar-refractivity contribution in [3.05, 3.63) is 29.3 Å². The first-order valence-corrected chi connectivity index (χ1v) is 7.58. The van der Waals surface area contributed by atoms with E-state index in [9.17, 15) is 0 Å². The number of methoxy groups -OCH3 is 1. The average molecular weight is 263 g/mol. The lowest BCUT2D eigenvalue weighted by Crippen LogP contribution is -2.29. The fourth-order valence-corrected chi connectivity index (χ4v) is 2.44. The highest BCUT2D eigenvalue weighted by Gasteiger charge is 2.07. The Bertz CT molecular complexity index is 362. The number of ether oxygens (including phenoxy) is 1. The summed E-state index contributed by atoms with van der Waals surface area (Å²) in [5, 5.41) is 3.61. The fraction of sp³-hybridized carbons (Fsp3) is 0.647. The van der Waals surface area contributed by atoms with Crippen molar-refractivity contribution in [3.63, 3.8) is 0 Å². The third-order valence-corrected chi connectivity index (χ3v) is 3.61. The summed E-state index contributed by atoms with van der Waals surface area (Å²) in [6.07, 6.45) is 5.99. The van der Waals surface area contributed by atoms with E-state index in [0.717, 1.165) is 18.7 Å². The van der Waals surface area contributed by atoms with E-state index >= 15 is 0 Å². The van der Waals surface area contributed by atoms with Crippen LogP contribution in [0.2, 0.25) is 0 Å². The lowest BCUT2D eigenvalue weighted by molar-refractivity contribution is 0.406. The maximum Gasteiger partial charge on any atom is 0.122 e. The van der Waals surface area contributed by atoms with E-state index in [1.807, 2.05) is 0 Å². The van der Waals surface area contributed by atoms with Gasteiger partial charge in [-0.2, -0.15) is 0 Å². The normalized spacial score (nSPS) is 12.4.